The van der Waals surface area contributed by atoms with E-state index < -0.39 is 0 Å². The molecule has 0 aliphatic carbocycles. The minimum atomic E-state index is -0.0803. The van der Waals surface area contributed by atoms with Crippen molar-refractivity contribution in [2.45, 2.75) is 39.2 Å². The molecule has 17 heavy (non-hydrogen) atoms. The summed E-state index contributed by atoms with van der Waals surface area (Å²) >= 11 is 5.95. The third kappa shape index (κ3) is 3.44. The van der Waals surface area contributed by atoms with Crippen molar-refractivity contribution in [3.05, 3.63) is 11.0 Å². The fourth-order valence-electron chi connectivity index (χ4n) is 1.30. The van der Waals surface area contributed by atoms with Gasteiger partial charge in [0.15, 0.2) is 11.0 Å². The lowest BCUT2D eigenvalue weighted by molar-refractivity contribution is 0.271. The molecule has 0 radical (unpaired) electrons. The van der Waals surface area contributed by atoms with Crippen molar-refractivity contribution < 1.29 is 5.11 Å². The van der Waals surface area contributed by atoms with Crippen molar-refractivity contribution in [2.75, 3.05) is 17.7 Å². The average molecular weight is 259 g/mol. The zero-order valence-corrected chi connectivity index (χ0v) is 11.1. The molecule has 0 bridgehead atoms. The Balaban J connectivity index is 3.05. The fraction of sp³-hybridized carbons (Fsp3) is 0.636. The molecule has 0 saturated carbocycles. The largest absolute Gasteiger partial charge is 0.394 e. The first-order chi connectivity index (χ1) is 7.99. The molecule has 96 valence electrons. The van der Waals surface area contributed by atoms with Gasteiger partial charge in [-0.1, -0.05) is 32.4 Å². The van der Waals surface area contributed by atoms with Gasteiger partial charge in [0.25, 0.3) is 0 Å². The van der Waals surface area contributed by atoms with Gasteiger partial charge >= 0.3 is 0 Å². The van der Waals surface area contributed by atoms with E-state index in [1.54, 1.807) is 0 Å². The van der Waals surface area contributed by atoms with Crippen molar-refractivity contribution >= 4 is 23.1 Å². The number of aliphatic hydroxyl groups is 1. The number of nitrogens with zero attached hydrogens (tertiary/aromatic N) is 2. The maximum absolute atomic E-state index is 9.15. The number of hydrogen-bond acceptors (Lipinski definition) is 5. The highest BCUT2D eigenvalue weighted by molar-refractivity contribution is 6.32. The summed E-state index contributed by atoms with van der Waals surface area (Å²) in [5.41, 5.74) is 6.13. The Hall–Kier alpha value is -1.07. The van der Waals surface area contributed by atoms with E-state index in [0.29, 0.717) is 17.3 Å². The Labute approximate surface area is 106 Å². The smallest absolute Gasteiger partial charge is 0.157 e. The quantitative estimate of drug-likeness (QED) is 0.704. The normalized spacial score (nSPS) is 12.8. The lowest BCUT2D eigenvalue weighted by Crippen LogP contribution is -2.24. The van der Waals surface area contributed by atoms with Crippen molar-refractivity contribution in [3.63, 3.8) is 0 Å². The van der Waals surface area contributed by atoms with E-state index in [2.05, 4.69) is 15.3 Å². The first kappa shape index (κ1) is 14.0. The zero-order chi connectivity index (χ0) is 13.0. The topological polar surface area (TPSA) is 84.1 Å². The van der Waals surface area contributed by atoms with Gasteiger partial charge in [-0.2, -0.15) is 0 Å². The second-order valence-corrected chi connectivity index (χ2v) is 4.58. The molecule has 5 nitrogen and oxygen atoms in total. The number of halogens is 1. The maximum atomic E-state index is 9.15. The van der Waals surface area contributed by atoms with Gasteiger partial charge in [0.2, 0.25) is 0 Å². The van der Waals surface area contributed by atoms with Crippen LogP contribution in [0.4, 0.5) is 11.5 Å². The van der Waals surface area contributed by atoms with Crippen LogP contribution in [-0.4, -0.2) is 27.7 Å². The van der Waals surface area contributed by atoms with E-state index in [9.17, 15) is 0 Å². The van der Waals surface area contributed by atoms with E-state index in [1.807, 2.05) is 20.8 Å². The van der Waals surface area contributed by atoms with Gasteiger partial charge in [0.1, 0.15) is 11.5 Å². The molecule has 1 heterocycles. The molecule has 1 aromatic heterocycles. The summed E-state index contributed by atoms with van der Waals surface area (Å²) in [4.78, 5) is 8.44. The Morgan fingerprint density at radius 1 is 1.41 bits per heavy atom. The number of nitrogen functional groups attached to an aromatic ring is 1. The van der Waals surface area contributed by atoms with Crippen LogP contribution in [0.2, 0.25) is 5.15 Å². The molecule has 0 aliphatic rings. The van der Waals surface area contributed by atoms with Crippen LogP contribution in [0.25, 0.3) is 0 Å². The van der Waals surface area contributed by atoms with Gasteiger partial charge in [-0.3, -0.25) is 0 Å². The van der Waals surface area contributed by atoms with Crippen LogP contribution in [-0.2, 0) is 0 Å². The fourth-order valence-corrected chi connectivity index (χ4v) is 1.47. The molecule has 0 saturated heterocycles. The summed E-state index contributed by atoms with van der Waals surface area (Å²) in [6.45, 7) is 5.95. The number of nitrogens with one attached hydrogen (secondary N) is 1. The van der Waals surface area contributed by atoms with E-state index >= 15 is 0 Å². The molecule has 6 heteroatoms. The number of hydrogen-bond donors (Lipinski definition) is 3. The second kappa shape index (κ2) is 6.02. The predicted molar refractivity (Wildman–Crippen MR) is 70.3 cm³/mol. The Kier molecular flexibility index (Phi) is 4.96. The average Bonchev–Trinajstić information content (AvgIpc) is 2.30. The van der Waals surface area contributed by atoms with E-state index in [0.717, 1.165) is 6.42 Å². The van der Waals surface area contributed by atoms with Crippen molar-refractivity contribution in [2.24, 2.45) is 0 Å². The number of nitrogens with two attached hydrogens (primary N) is 1. The molecule has 1 atom stereocenters. The molecule has 0 fully saturated rings. The monoisotopic (exact) mass is 258 g/mol. The maximum Gasteiger partial charge on any atom is 0.157 e. The lowest BCUT2D eigenvalue weighted by Gasteiger charge is -2.17. The minimum absolute atomic E-state index is 0.0224. The molecule has 4 N–H and O–H groups in total. The molecule has 1 aromatic rings. The van der Waals surface area contributed by atoms with Gasteiger partial charge in [0, 0.05) is 5.92 Å². The van der Waals surface area contributed by atoms with Gasteiger partial charge in [-0.15, -0.1) is 0 Å². The van der Waals surface area contributed by atoms with Crippen LogP contribution in [0.1, 0.15) is 38.9 Å². The minimum Gasteiger partial charge on any atom is -0.394 e. The van der Waals surface area contributed by atoms with Crippen LogP contribution in [0.15, 0.2) is 0 Å². The lowest BCUT2D eigenvalue weighted by atomic mass is 10.2. The molecule has 0 amide bonds. The first-order valence-corrected chi connectivity index (χ1v) is 6.07. The van der Waals surface area contributed by atoms with Crippen molar-refractivity contribution in [1.29, 1.82) is 0 Å². The summed E-state index contributed by atoms with van der Waals surface area (Å²) in [6.07, 6.45) is 0.772. The Morgan fingerprint density at radius 2 is 2.06 bits per heavy atom. The van der Waals surface area contributed by atoms with E-state index in [4.69, 9.17) is 22.4 Å². The standard InChI is InChI=1S/C11H19ClN4O/c1-4-7(5-17)14-11-8(13)9(12)15-10(16-11)6(2)3/h6-7,17H,4-5,13H2,1-3H3,(H,14,15,16). The Morgan fingerprint density at radius 3 is 2.53 bits per heavy atom. The molecule has 1 rings (SSSR count). The summed E-state index contributed by atoms with van der Waals surface area (Å²) in [5, 5.41) is 12.5. The number of anilines is 2. The van der Waals surface area contributed by atoms with Gasteiger partial charge in [0.05, 0.1) is 12.6 Å². The van der Waals surface area contributed by atoms with Crippen molar-refractivity contribution in [1.82, 2.24) is 9.97 Å². The number of aliphatic hydroxyl groups excluding tert-OH is 1. The van der Waals surface area contributed by atoms with Gasteiger partial charge < -0.3 is 16.2 Å². The zero-order valence-electron chi connectivity index (χ0n) is 10.4. The highest BCUT2D eigenvalue weighted by Crippen LogP contribution is 2.26. The predicted octanol–water partition coefficient (Wildman–Crippen LogP) is 2.02. The summed E-state index contributed by atoms with van der Waals surface area (Å²) in [7, 11) is 0. The third-order valence-electron chi connectivity index (χ3n) is 2.49. The van der Waals surface area contributed by atoms with Gasteiger partial charge in [-0.05, 0) is 6.42 Å². The SMILES string of the molecule is CCC(CO)Nc1nc(C(C)C)nc(Cl)c1N. The highest BCUT2D eigenvalue weighted by Gasteiger charge is 2.14. The Bertz CT molecular complexity index is 380. The molecule has 0 aromatic carbocycles. The van der Waals surface area contributed by atoms with E-state index in [-0.39, 0.29) is 23.7 Å². The highest BCUT2D eigenvalue weighted by atomic mass is 35.5. The van der Waals surface area contributed by atoms with Crippen LogP contribution >= 0.6 is 11.6 Å². The number of aromatic nitrogens is 2. The summed E-state index contributed by atoms with van der Waals surface area (Å²) < 4.78 is 0. The van der Waals surface area contributed by atoms with Crippen LogP contribution in [0.5, 0.6) is 0 Å². The summed E-state index contributed by atoms with van der Waals surface area (Å²) in [6, 6.07) is -0.0803. The number of rotatable bonds is 5. The van der Waals surface area contributed by atoms with Crippen LogP contribution < -0.4 is 11.1 Å². The first-order valence-electron chi connectivity index (χ1n) is 5.69. The summed E-state index contributed by atoms with van der Waals surface area (Å²) in [5.74, 6) is 1.30. The molecular formula is C11H19ClN4O. The molecule has 0 spiro atoms. The molecule has 1 unspecified atom stereocenters. The van der Waals surface area contributed by atoms with Crippen LogP contribution in [0, 0.1) is 0 Å². The van der Waals surface area contributed by atoms with Crippen molar-refractivity contribution in [3.8, 4) is 0 Å². The molecule has 0 aliphatic heterocycles. The third-order valence-corrected chi connectivity index (χ3v) is 2.77. The van der Waals surface area contributed by atoms with E-state index in [1.165, 1.54) is 0 Å². The second-order valence-electron chi connectivity index (χ2n) is 4.22. The molecular weight excluding hydrogens is 240 g/mol. The van der Waals surface area contributed by atoms with Crippen LogP contribution in [0.3, 0.4) is 0 Å². The van der Waals surface area contributed by atoms with Gasteiger partial charge in [-0.25, -0.2) is 9.97 Å².